The molecular weight excluding hydrogens is 242 g/mol. The summed E-state index contributed by atoms with van der Waals surface area (Å²) in [6.07, 6.45) is 1.29. The number of hydrogen-bond donors (Lipinski definition) is 1. The topological polar surface area (TPSA) is 55.4 Å². The van der Waals surface area contributed by atoms with Crippen LogP contribution in [0.4, 0.5) is 0 Å². The number of hydrogen-bond acceptors (Lipinski definition) is 3. The number of ether oxygens (including phenoxy) is 1. The van der Waals surface area contributed by atoms with E-state index >= 15 is 0 Å². The molecule has 19 heavy (non-hydrogen) atoms. The zero-order chi connectivity index (χ0) is 13.2. The van der Waals surface area contributed by atoms with Gasteiger partial charge in [0.25, 0.3) is 0 Å². The van der Waals surface area contributed by atoms with E-state index in [1.807, 2.05) is 36.4 Å². The lowest BCUT2D eigenvalue weighted by molar-refractivity contribution is -0.115. The van der Waals surface area contributed by atoms with Gasteiger partial charge in [-0.2, -0.15) is 0 Å². The molecule has 1 amide bonds. The molecule has 4 heteroatoms. The van der Waals surface area contributed by atoms with Crippen molar-refractivity contribution < 1.29 is 14.3 Å². The summed E-state index contributed by atoms with van der Waals surface area (Å²) in [5, 5.41) is 4.37. The van der Waals surface area contributed by atoms with Crippen molar-refractivity contribution in [1.29, 1.82) is 0 Å². The average Bonchev–Trinajstić information content (AvgIpc) is 2.83. The minimum atomic E-state index is -0.445. The predicted octanol–water partition coefficient (Wildman–Crippen LogP) is 2.01. The summed E-state index contributed by atoms with van der Waals surface area (Å²) in [7, 11) is 0. The van der Waals surface area contributed by atoms with E-state index in [1.54, 1.807) is 6.07 Å². The zero-order valence-electron chi connectivity index (χ0n) is 10.1. The largest absolute Gasteiger partial charge is 0.425 e. The van der Waals surface area contributed by atoms with Crippen LogP contribution in [0.5, 0.6) is 0 Å². The molecule has 94 valence electrons. The van der Waals surface area contributed by atoms with Crippen LogP contribution in [0.15, 0.2) is 54.3 Å². The lowest BCUT2D eigenvalue weighted by Gasteiger charge is -2.07. The van der Waals surface area contributed by atoms with Gasteiger partial charge in [-0.1, -0.05) is 36.4 Å². The third kappa shape index (κ3) is 2.20. The van der Waals surface area contributed by atoms with E-state index < -0.39 is 5.97 Å². The molecule has 2 aromatic carbocycles. The predicted molar refractivity (Wildman–Crippen MR) is 70.5 cm³/mol. The van der Waals surface area contributed by atoms with Gasteiger partial charge < -0.3 is 10.1 Å². The van der Waals surface area contributed by atoms with Crippen LogP contribution in [0.25, 0.3) is 10.8 Å². The normalized spacial score (nSPS) is 14.1. The smallest absolute Gasteiger partial charge is 0.343 e. The fraction of sp³-hybridized carbons (Fsp3) is 0.0667. The number of esters is 1. The summed E-state index contributed by atoms with van der Waals surface area (Å²) in [6, 6.07) is 13.1. The number of benzene rings is 2. The molecule has 1 aliphatic rings. The highest BCUT2D eigenvalue weighted by molar-refractivity contribution is 6.05. The lowest BCUT2D eigenvalue weighted by atomic mass is 10.0. The molecule has 0 aliphatic carbocycles. The number of amides is 1. The SMILES string of the molecule is O=C1C=C(OC(=O)c2cccc3ccccc23)CN1. The zero-order valence-corrected chi connectivity index (χ0v) is 10.1. The molecule has 0 radical (unpaired) electrons. The van der Waals surface area contributed by atoms with Crippen LogP contribution < -0.4 is 5.32 Å². The molecule has 1 aliphatic heterocycles. The maximum atomic E-state index is 12.1. The summed E-state index contributed by atoms with van der Waals surface area (Å²) in [5.41, 5.74) is 0.498. The van der Waals surface area contributed by atoms with Crippen LogP contribution in [0.2, 0.25) is 0 Å². The van der Waals surface area contributed by atoms with E-state index in [2.05, 4.69) is 5.32 Å². The lowest BCUT2D eigenvalue weighted by Crippen LogP contribution is -2.16. The summed E-state index contributed by atoms with van der Waals surface area (Å²) in [6.45, 7) is 0.259. The van der Waals surface area contributed by atoms with Crippen LogP contribution in [-0.2, 0) is 9.53 Å². The number of carbonyl (C=O) groups excluding carboxylic acids is 2. The minimum Gasteiger partial charge on any atom is -0.425 e. The third-order valence-corrected chi connectivity index (χ3v) is 2.96. The molecule has 0 aromatic heterocycles. The van der Waals surface area contributed by atoms with E-state index in [9.17, 15) is 9.59 Å². The van der Waals surface area contributed by atoms with Gasteiger partial charge in [0, 0.05) is 6.08 Å². The van der Waals surface area contributed by atoms with Gasteiger partial charge in [-0.25, -0.2) is 4.79 Å². The van der Waals surface area contributed by atoms with E-state index in [-0.39, 0.29) is 12.5 Å². The second-order valence-corrected chi connectivity index (χ2v) is 4.24. The highest BCUT2D eigenvalue weighted by Crippen LogP contribution is 2.20. The molecule has 0 fully saturated rings. The van der Waals surface area contributed by atoms with Crippen molar-refractivity contribution in [2.24, 2.45) is 0 Å². The van der Waals surface area contributed by atoms with Crippen LogP contribution in [-0.4, -0.2) is 18.4 Å². The maximum Gasteiger partial charge on any atom is 0.343 e. The fourth-order valence-corrected chi connectivity index (χ4v) is 2.07. The molecule has 0 unspecified atom stereocenters. The van der Waals surface area contributed by atoms with Gasteiger partial charge in [-0.3, -0.25) is 4.79 Å². The molecule has 1 N–H and O–H groups in total. The quantitative estimate of drug-likeness (QED) is 0.833. The third-order valence-electron chi connectivity index (χ3n) is 2.96. The van der Waals surface area contributed by atoms with Crippen molar-refractivity contribution in [3.8, 4) is 0 Å². The first-order chi connectivity index (χ1) is 9.24. The van der Waals surface area contributed by atoms with E-state index in [1.165, 1.54) is 6.08 Å². The molecule has 0 atom stereocenters. The Morgan fingerprint density at radius 3 is 2.68 bits per heavy atom. The van der Waals surface area contributed by atoms with E-state index in [0.29, 0.717) is 11.3 Å². The van der Waals surface area contributed by atoms with Crippen LogP contribution >= 0.6 is 0 Å². The number of nitrogens with one attached hydrogen (secondary N) is 1. The Balaban J connectivity index is 1.94. The van der Waals surface area contributed by atoms with Crippen molar-refractivity contribution in [3.05, 3.63) is 59.9 Å². The Morgan fingerprint density at radius 1 is 1.11 bits per heavy atom. The van der Waals surface area contributed by atoms with Crippen LogP contribution in [0.3, 0.4) is 0 Å². The average molecular weight is 253 g/mol. The molecule has 0 spiro atoms. The first kappa shape index (κ1) is 11.5. The fourth-order valence-electron chi connectivity index (χ4n) is 2.07. The van der Waals surface area contributed by atoms with Gasteiger partial charge >= 0.3 is 5.97 Å². The van der Waals surface area contributed by atoms with Crippen LogP contribution in [0, 0.1) is 0 Å². The molecule has 0 saturated heterocycles. The summed E-state index contributed by atoms with van der Waals surface area (Å²) in [5.74, 6) is -0.330. The highest BCUT2D eigenvalue weighted by Gasteiger charge is 2.17. The minimum absolute atomic E-state index is 0.235. The standard InChI is InChI=1S/C15H11NO3/c17-14-8-11(9-16-14)19-15(18)13-7-3-5-10-4-1-2-6-12(10)13/h1-8H,9H2,(H,16,17). The molecule has 4 nitrogen and oxygen atoms in total. The van der Waals surface area contributed by atoms with Crippen molar-refractivity contribution in [3.63, 3.8) is 0 Å². The summed E-state index contributed by atoms with van der Waals surface area (Å²) in [4.78, 5) is 23.1. The Labute approximate surface area is 109 Å². The van der Waals surface area contributed by atoms with Crippen molar-refractivity contribution >= 4 is 22.6 Å². The van der Waals surface area contributed by atoms with Crippen molar-refractivity contribution in [2.45, 2.75) is 0 Å². The molecule has 1 heterocycles. The molecule has 2 aromatic rings. The number of carbonyl (C=O) groups is 2. The van der Waals surface area contributed by atoms with Crippen LogP contribution in [0.1, 0.15) is 10.4 Å². The van der Waals surface area contributed by atoms with Gasteiger partial charge in [-0.15, -0.1) is 0 Å². The van der Waals surface area contributed by atoms with Gasteiger partial charge in [0.05, 0.1) is 12.1 Å². The Bertz CT molecular complexity index is 698. The number of fused-ring (bicyclic) bond motifs is 1. The van der Waals surface area contributed by atoms with Gasteiger partial charge in [0.2, 0.25) is 5.91 Å². The molecule has 0 saturated carbocycles. The first-order valence-corrected chi connectivity index (χ1v) is 5.92. The van der Waals surface area contributed by atoms with Gasteiger partial charge in [0.15, 0.2) is 0 Å². The first-order valence-electron chi connectivity index (χ1n) is 5.92. The number of rotatable bonds is 2. The van der Waals surface area contributed by atoms with Gasteiger partial charge in [-0.05, 0) is 16.8 Å². The van der Waals surface area contributed by atoms with Crippen molar-refractivity contribution in [1.82, 2.24) is 5.32 Å². The Hall–Kier alpha value is -2.62. The summed E-state index contributed by atoms with van der Waals surface area (Å²) < 4.78 is 5.21. The molecule has 0 bridgehead atoms. The van der Waals surface area contributed by atoms with Gasteiger partial charge in [0.1, 0.15) is 5.76 Å². The second kappa shape index (κ2) is 4.57. The molecular formula is C15H11NO3. The monoisotopic (exact) mass is 253 g/mol. The Morgan fingerprint density at radius 2 is 1.89 bits per heavy atom. The molecule has 3 rings (SSSR count). The van der Waals surface area contributed by atoms with E-state index in [4.69, 9.17) is 4.74 Å². The van der Waals surface area contributed by atoms with E-state index in [0.717, 1.165) is 10.8 Å². The second-order valence-electron chi connectivity index (χ2n) is 4.24. The maximum absolute atomic E-state index is 12.1. The Kier molecular flexibility index (Phi) is 2.76. The summed E-state index contributed by atoms with van der Waals surface area (Å²) >= 11 is 0. The van der Waals surface area contributed by atoms with Crippen molar-refractivity contribution in [2.75, 3.05) is 6.54 Å². The highest BCUT2D eigenvalue weighted by atomic mass is 16.5.